The minimum Gasteiger partial charge on any atom is -0.496 e. The van der Waals surface area contributed by atoms with E-state index in [0.29, 0.717) is 10.8 Å². The number of ether oxygens (including phenoxy) is 1. The minimum atomic E-state index is -0.350. The second-order valence-electron chi connectivity index (χ2n) is 4.17. The second-order valence-corrected chi connectivity index (χ2v) is 4.84. The van der Waals surface area contributed by atoms with Crippen LogP contribution >= 0.6 is 23.2 Å². The zero-order chi connectivity index (χ0) is 14.5. The van der Waals surface area contributed by atoms with E-state index in [0.717, 1.165) is 16.7 Å². The fraction of sp³-hybridized carbons (Fsp3) is 0.125. The van der Waals surface area contributed by atoms with E-state index in [4.69, 9.17) is 27.9 Å². The molecule has 0 bridgehead atoms. The lowest BCUT2D eigenvalue weighted by Gasteiger charge is -2.11. The Bertz CT molecular complexity index is 638. The normalized spacial score (nSPS) is 11.5. The predicted octanol–water partition coefficient (Wildman–Crippen LogP) is 5.27. The molecule has 4 heteroatoms. The smallest absolute Gasteiger partial charge is 0.129 e. The van der Waals surface area contributed by atoms with Crippen molar-refractivity contribution in [3.05, 3.63) is 64.4 Å². The van der Waals surface area contributed by atoms with Crippen LogP contribution in [0.2, 0.25) is 5.02 Å². The third-order valence-corrected chi connectivity index (χ3v) is 3.52. The first kappa shape index (κ1) is 14.9. The van der Waals surface area contributed by atoms with Crippen molar-refractivity contribution in [1.82, 2.24) is 0 Å². The van der Waals surface area contributed by atoms with Crippen molar-refractivity contribution in [2.75, 3.05) is 13.0 Å². The Kier molecular flexibility index (Phi) is 5.05. The highest BCUT2D eigenvalue weighted by molar-refractivity contribution is 6.32. The number of halogens is 3. The quantitative estimate of drug-likeness (QED) is 0.552. The molecule has 0 aliphatic heterocycles. The van der Waals surface area contributed by atoms with Crippen LogP contribution in [0.3, 0.4) is 0 Å². The second kappa shape index (κ2) is 6.78. The lowest BCUT2D eigenvalue weighted by Crippen LogP contribution is -1.94. The summed E-state index contributed by atoms with van der Waals surface area (Å²) in [6.45, 7) is 0. The summed E-state index contributed by atoms with van der Waals surface area (Å²) >= 11 is 12.1. The summed E-state index contributed by atoms with van der Waals surface area (Å²) in [5.74, 6) is 0.369. The van der Waals surface area contributed by atoms with E-state index in [1.165, 1.54) is 19.2 Å². The van der Waals surface area contributed by atoms with Crippen LogP contribution in [0.25, 0.3) is 11.6 Å². The van der Waals surface area contributed by atoms with Crippen molar-refractivity contribution in [1.29, 1.82) is 0 Å². The number of hydrogen-bond donors (Lipinski definition) is 0. The minimum absolute atomic E-state index is 0.271. The van der Waals surface area contributed by atoms with Gasteiger partial charge in [0.25, 0.3) is 0 Å². The van der Waals surface area contributed by atoms with E-state index < -0.39 is 0 Å². The molecule has 104 valence electrons. The molecule has 2 aromatic rings. The zero-order valence-corrected chi connectivity index (χ0v) is 12.4. The van der Waals surface area contributed by atoms with E-state index in [1.807, 2.05) is 24.3 Å². The van der Waals surface area contributed by atoms with Gasteiger partial charge >= 0.3 is 0 Å². The molecular formula is C16H13Cl2FO. The Morgan fingerprint density at radius 1 is 1.25 bits per heavy atom. The topological polar surface area (TPSA) is 9.23 Å². The van der Waals surface area contributed by atoms with Gasteiger partial charge in [-0.25, -0.2) is 4.39 Å². The lowest BCUT2D eigenvalue weighted by atomic mass is 10.0. The first-order valence-corrected chi connectivity index (χ1v) is 6.92. The maximum atomic E-state index is 13.2. The van der Waals surface area contributed by atoms with Crippen LogP contribution in [0.4, 0.5) is 4.39 Å². The van der Waals surface area contributed by atoms with Crippen LogP contribution in [0, 0.1) is 5.82 Å². The molecule has 0 saturated carbocycles. The Labute approximate surface area is 127 Å². The van der Waals surface area contributed by atoms with Crippen LogP contribution in [-0.2, 0) is 0 Å². The highest BCUT2D eigenvalue weighted by atomic mass is 35.5. The van der Waals surface area contributed by atoms with Crippen molar-refractivity contribution < 1.29 is 9.13 Å². The maximum absolute atomic E-state index is 13.2. The van der Waals surface area contributed by atoms with Gasteiger partial charge in [-0.3, -0.25) is 0 Å². The van der Waals surface area contributed by atoms with Gasteiger partial charge < -0.3 is 4.74 Å². The first-order valence-electron chi connectivity index (χ1n) is 6.00. The number of allylic oxidation sites excluding steroid dienone is 1. The highest BCUT2D eigenvalue weighted by Crippen LogP contribution is 2.30. The maximum Gasteiger partial charge on any atom is 0.129 e. The van der Waals surface area contributed by atoms with Crippen LogP contribution in [0.15, 0.2) is 42.5 Å². The van der Waals surface area contributed by atoms with Crippen LogP contribution < -0.4 is 4.74 Å². The van der Waals surface area contributed by atoms with Gasteiger partial charge in [0.15, 0.2) is 0 Å². The molecule has 2 rings (SSSR count). The molecule has 0 aromatic heterocycles. The van der Waals surface area contributed by atoms with Crippen LogP contribution in [0.1, 0.15) is 11.1 Å². The van der Waals surface area contributed by atoms with Crippen LogP contribution in [0.5, 0.6) is 5.75 Å². The largest absolute Gasteiger partial charge is 0.496 e. The standard InChI is InChI=1S/C16H13Cl2FO/c1-20-16-9-13(19)6-7-14(16)12(10-17)8-11-4-2-3-5-15(11)18/h2-9H,10H2,1H3/b12-8+. The molecule has 1 nitrogen and oxygen atoms in total. The summed E-state index contributed by atoms with van der Waals surface area (Å²) in [7, 11) is 1.50. The molecule has 0 N–H and O–H groups in total. The van der Waals surface area contributed by atoms with Gasteiger partial charge in [0.1, 0.15) is 11.6 Å². The molecule has 0 radical (unpaired) electrons. The van der Waals surface area contributed by atoms with E-state index in [9.17, 15) is 4.39 Å². The third-order valence-electron chi connectivity index (χ3n) is 2.89. The van der Waals surface area contributed by atoms with Gasteiger partial charge in [0.05, 0.1) is 7.11 Å². The fourth-order valence-electron chi connectivity index (χ4n) is 1.90. The average Bonchev–Trinajstić information content (AvgIpc) is 2.46. The fourth-order valence-corrected chi connectivity index (χ4v) is 2.31. The molecule has 20 heavy (non-hydrogen) atoms. The van der Waals surface area contributed by atoms with E-state index in [1.54, 1.807) is 12.1 Å². The SMILES string of the molecule is COc1cc(F)ccc1/C(=C/c1ccccc1Cl)CCl. The van der Waals surface area contributed by atoms with Crippen molar-refractivity contribution >= 4 is 34.9 Å². The van der Waals surface area contributed by atoms with Crippen LogP contribution in [-0.4, -0.2) is 13.0 Å². The summed E-state index contributed by atoms with van der Waals surface area (Å²) in [5.41, 5.74) is 2.43. The molecule has 0 fully saturated rings. The van der Waals surface area contributed by atoms with Gasteiger partial charge in [-0.2, -0.15) is 0 Å². The van der Waals surface area contributed by atoms with Crippen molar-refractivity contribution in [3.63, 3.8) is 0 Å². The number of methoxy groups -OCH3 is 1. The molecule has 0 amide bonds. The van der Waals surface area contributed by atoms with Gasteiger partial charge in [-0.1, -0.05) is 29.8 Å². The molecule has 0 heterocycles. The molecule has 0 atom stereocenters. The molecule has 2 aromatic carbocycles. The first-order chi connectivity index (χ1) is 9.65. The Morgan fingerprint density at radius 3 is 2.65 bits per heavy atom. The summed E-state index contributed by atoms with van der Waals surface area (Å²) in [4.78, 5) is 0. The van der Waals surface area contributed by atoms with Gasteiger partial charge in [-0.05, 0) is 35.4 Å². The summed E-state index contributed by atoms with van der Waals surface area (Å²) in [6, 6.07) is 11.8. The Balaban J connectivity index is 2.50. The van der Waals surface area contributed by atoms with Crippen molar-refractivity contribution in [2.24, 2.45) is 0 Å². The molecule has 0 saturated heterocycles. The van der Waals surface area contributed by atoms with Gasteiger partial charge in [0, 0.05) is 22.5 Å². The summed E-state index contributed by atoms with van der Waals surface area (Å²) in [6.07, 6.45) is 1.88. The Morgan fingerprint density at radius 2 is 2.00 bits per heavy atom. The van der Waals surface area contributed by atoms with Gasteiger partial charge in [-0.15, -0.1) is 11.6 Å². The van der Waals surface area contributed by atoms with Gasteiger partial charge in [0.2, 0.25) is 0 Å². The van der Waals surface area contributed by atoms with E-state index in [2.05, 4.69) is 0 Å². The lowest BCUT2D eigenvalue weighted by molar-refractivity contribution is 0.410. The van der Waals surface area contributed by atoms with Crippen molar-refractivity contribution in [2.45, 2.75) is 0 Å². The average molecular weight is 311 g/mol. The summed E-state index contributed by atoms with van der Waals surface area (Å²) in [5, 5.41) is 0.635. The molecule has 0 spiro atoms. The number of rotatable bonds is 4. The number of hydrogen-bond acceptors (Lipinski definition) is 1. The van der Waals surface area contributed by atoms with E-state index >= 15 is 0 Å². The monoisotopic (exact) mass is 310 g/mol. The zero-order valence-electron chi connectivity index (χ0n) is 10.9. The molecule has 0 aliphatic rings. The Hall–Kier alpha value is -1.51. The summed E-state index contributed by atoms with van der Waals surface area (Å²) < 4.78 is 18.4. The number of benzene rings is 2. The van der Waals surface area contributed by atoms with E-state index in [-0.39, 0.29) is 11.7 Å². The highest BCUT2D eigenvalue weighted by Gasteiger charge is 2.10. The molecule has 0 aliphatic carbocycles. The van der Waals surface area contributed by atoms with Crippen molar-refractivity contribution in [3.8, 4) is 5.75 Å². The predicted molar refractivity (Wildman–Crippen MR) is 83.0 cm³/mol. The molecular weight excluding hydrogens is 298 g/mol. The number of alkyl halides is 1. The third kappa shape index (κ3) is 3.33. The molecule has 0 unspecified atom stereocenters.